The lowest BCUT2D eigenvalue weighted by molar-refractivity contribution is -0.140. The van der Waals surface area contributed by atoms with Crippen LogP contribution in [0.3, 0.4) is 0 Å². The van der Waals surface area contributed by atoms with E-state index in [2.05, 4.69) is 0 Å². The van der Waals surface area contributed by atoms with Crippen molar-refractivity contribution in [2.75, 3.05) is 0 Å². The van der Waals surface area contributed by atoms with Crippen molar-refractivity contribution < 1.29 is 21.8 Å². The van der Waals surface area contributed by atoms with Gasteiger partial charge in [-0.2, -0.15) is 13.2 Å². The van der Waals surface area contributed by atoms with E-state index in [0.29, 0.717) is 12.1 Å². The Bertz CT molecular complexity index is 425. The van der Waals surface area contributed by atoms with Gasteiger partial charge in [-0.3, -0.25) is 4.21 Å². The van der Waals surface area contributed by atoms with Crippen LogP contribution in [0.25, 0.3) is 0 Å². The highest BCUT2D eigenvalue weighted by Crippen LogP contribution is 2.39. The third-order valence-electron chi connectivity index (χ3n) is 1.54. The average Bonchev–Trinajstić information content (AvgIpc) is 2.00. The van der Waals surface area contributed by atoms with Crippen molar-refractivity contribution in [3.63, 3.8) is 0 Å². The molecule has 1 aromatic rings. The van der Waals surface area contributed by atoms with Crippen LogP contribution >= 0.6 is 21.4 Å². The monoisotopic (exact) mass is 282 g/mol. The summed E-state index contributed by atoms with van der Waals surface area (Å²) >= 11 is 0. The van der Waals surface area contributed by atoms with E-state index in [1.54, 1.807) is 0 Å². The van der Waals surface area contributed by atoms with Crippen LogP contribution in [0.2, 0.25) is 0 Å². The Hall–Kier alpha value is -0.330. The summed E-state index contributed by atoms with van der Waals surface area (Å²) in [6, 6.07) is 1.58. The van der Waals surface area contributed by atoms with Gasteiger partial charge in [0.15, 0.2) is 0 Å². The van der Waals surface area contributed by atoms with Crippen molar-refractivity contribution in [2.45, 2.75) is 11.1 Å². The fourth-order valence-corrected chi connectivity index (χ4v) is 2.57. The molecule has 8 heteroatoms. The number of hydrogen-bond acceptors (Lipinski definition) is 1. The van der Waals surface area contributed by atoms with Crippen LogP contribution in [0.5, 0.6) is 0 Å². The maximum atomic E-state index is 12.6. The normalized spacial score (nSPS) is 14.0. The molecular formula is C7H4Cl2F4OS. The van der Waals surface area contributed by atoms with Crippen LogP contribution < -0.4 is 0 Å². The fourth-order valence-electron chi connectivity index (χ4n) is 0.962. The smallest absolute Gasteiger partial charge is 0.252 e. The molecule has 0 aliphatic carbocycles. The molecule has 0 saturated carbocycles. The van der Waals surface area contributed by atoms with Gasteiger partial charge in [0.05, 0.1) is 18.8 Å². The second-order valence-corrected chi connectivity index (χ2v) is 7.40. The van der Waals surface area contributed by atoms with Crippen LogP contribution in [0.1, 0.15) is 5.56 Å². The Morgan fingerprint density at radius 1 is 1.20 bits per heavy atom. The van der Waals surface area contributed by atoms with E-state index in [-0.39, 0.29) is 6.07 Å². The van der Waals surface area contributed by atoms with Crippen LogP contribution in [-0.4, -0.2) is 4.21 Å². The molecule has 1 aromatic carbocycles. The molecule has 0 radical (unpaired) electrons. The first-order chi connectivity index (χ1) is 6.62. The number of thiol groups is 1. The molecule has 0 aromatic heterocycles. The lowest BCUT2D eigenvalue weighted by atomic mass is 10.2. The quantitative estimate of drug-likeness (QED) is 0.474. The van der Waals surface area contributed by atoms with Crippen molar-refractivity contribution in [3.05, 3.63) is 29.6 Å². The summed E-state index contributed by atoms with van der Waals surface area (Å²) in [7, 11) is 6.13. The van der Waals surface area contributed by atoms with E-state index < -0.39 is 30.8 Å². The Morgan fingerprint density at radius 2 is 1.73 bits per heavy atom. The van der Waals surface area contributed by atoms with E-state index in [0.717, 1.165) is 0 Å². The Balaban J connectivity index is 3.48. The van der Waals surface area contributed by atoms with Crippen molar-refractivity contribution in [3.8, 4) is 0 Å². The van der Waals surface area contributed by atoms with Crippen molar-refractivity contribution >= 4 is 29.7 Å². The largest absolute Gasteiger partial charge is 0.417 e. The zero-order valence-corrected chi connectivity index (χ0v) is 9.26. The summed E-state index contributed by atoms with van der Waals surface area (Å²) in [6.45, 7) is 0. The molecule has 0 unspecified atom stereocenters. The van der Waals surface area contributed by atoms with Gasteiger partial charge in [-0.15, -0.1) is 0 Å². The van der Waals surface area contributed by atoms with E-state index in [4.69, 9.17) is 21.4 Å². The Morgan fingerprint density at radius 3 is 2.13 bits per heavy atom. The van der Waals surface area contributed by atoms with Gasteiger partial charge in [0, 0.05) is 0 Å². The van der Waals surface area contributed by atoms with Crippen LogP contribution in [0, 0.1) is 5.82 Å². The minimum Gasteiger partial charge on any atom is -0.252 e. The first-order valence-electron chi connectivity index (χ1n) is 3.49. The van der Waals surface area contributed by atoms with E-state index in [1.807, 2.05) is 0 Å². The lowest BCUT2D eigenvalue weighted by Crippen LogP contribution is -2.11. The summed E-state index contributed by atoms with van der Waals surface area (Å²) in [5, 5.41) is 0. The number of halogens is 6. The minimum atomic E-state index is -4.85. The molecule has 86 valence electrons. The third kappa shape index (κ3) is 3.06. The van der Waals surface area contributed by atoms with Gasteiger partial charge in [0.2, 0.25) is 0 Å². The van der Waals surface area contributed by atoms with Gasteiger partial charge < -0.3 is 0 Å². The highest BCUT2D eigenvalue weighted by molar-refractivity contribution is 8.40. The molecule has 0 heterocycles. The maximum Gasteiger partial charge on any atom is 0.417 e. The molecule has 1 rings (SSSR count). The van der Waals surface area contributed by atoms with Gasteiger partial charge in [-0.25, -0.2) is 4.39 Å². The molecule has 0 bridgehead atoms. The van der Waals surface area contributed by atoms with E-state index in [1.165, 1.54) is 0 Å². The molecule has 0 amide bonds. The molecule has 0 fully saturated rings. The number of alkyl halides is 3. The number of hydrogen-bond donors (Lipinski definition) is 1. The Kier molecular flexibility index (Phi) is 3.33. The van der Waals surface area contributed by atoms with Crippen LogP contribution in [-0.2, 0) is 14.5 Å². The first-order valence-corrected chi connectivity index (χ1v) is 7.01. The minimum absolute atomic E-state index is 0.201. The van der Waals surface area contributed by atoms with Gasteiger partial charge in [-0.1, -0.05) is 0 Å². The number of rotatable bonds is 1. The molecule has 0 spiro atoms. The highest BCUT2D eigenvalue weighted by Gasteiger charge is 2.36. The SMILES string of the molecule is O=[SH](Cl)(Cl)c1ccc(F)cc1C(F)(F)F. The second-order valence-electron chi connectivity index (χ2n) is 2.62. The highest BCUT2D eigenvalue weighted by atomic mass is 36.0. The topological polar surface area (TPSA) is 17.1 Å². The van der Waals surface area contributed by atoms with Crippen molar-refractivity contribution in [2.24, 2.45) is 0 Å². The number of benzene rings is 1. The summed E-state index contributed by atoms with van der Waals surface area (Å²) in [4.78, 5) is -0.806. The molecule has 0 atom stereocenters. The van der Waals surface area contributed by atoms with E-state index >= 15 is 0 Å². The summed E-state index contributed by atoms with van der Waals surface area (Å²) in [5.74, 6) is -1.10. The predicted octanol–water partition coefficient (Wildman–Crippen LogP) is 3.53. The summed E-state index contributed by atoms with van der Waals surface area (Å²) in [6.07, 6.45) is -4.85. The zero-order valence-electron chi connectivity index (χ0n) is 6.86. The second kappa shape index (κ2) is 3.92. The predicted molar refractivity (Wildman–Crippen MR) is 50.9 cm³/mol. The molecule has 0 aliphatic heterocycles. The first kappa shape index (κ1) is 12.7. The van der Waals surface area contributed by atoms with Crippen molar-refractivity contribution in [1.29, 1.82) is 0 Å². The van der Waals surface area contributed by atoms with E-state index in [9.17, 15) is 21.8 Å². The third-order valence-corrected chi connectivity index (χ3v) is 3.59. The molecule has 0 saturated heterocycles. The van der Waals surface area contributed by atoms with Crippen molar-refractivity contribution in [1.82, 2.24) is 0 Å². The standard InChI is InChI=1S/C7H4Cl2F4OS/c8-15(9,14)6-2-1-4(10)3-5(6)7(11,12)13/h1-3,15H. The summed E-state index contributed by atoms with van der Waals surface area (Å²) < 4.78 is 60.8. The molecule has 15 heavy (non-hydrogen) atoms. The summed E-state index contributed by atoms with van der Waals surface area (Å²) in [5.41, 5.74) is -1.42. The zero-order chi connectivity index (χ0) is 11.9. The lowest BCUT2D eigenvalue weighted by Gasteiger charge is -2.15. The molecule has 1 nitrogen and oxygen atoms in total. The van der Waals surface area contributed by atoms with Gasteiger partial charge in [0.25, 0.3) is 0 Å². The molecule has 0 N–H and O–H groups in total. The average molecular weight is 283 g/mol. The Labute approximate surface area is 92.4 Å². The van der Waals surface area contributed by atoms with Gasteiger partial charge >= 0.3 is 6.18 Å². The molecular weight excluding hydrogens is 279 g/mol. The van der Waals surface area contributed by atoms with Crippen LogP contribution in [0.4, 0.5) is 17.6 Å². The van der Waals surface area contributed by atoms with Crippen LogP contribution in [0.15, 0.2) is 23.1 Å². The fraction of sp³-hybridized carbons (Fsp3) is 0.143. The van der Waals surface area contributed by atoms with Gasteiger partial charge in [-0.05, 0) is 39.6 Å². The van der Waals surface area contributed by atoms with Gasteiger partial charge in [0.1, 0.15) is 5.82 Å². The maximum absolute atomic E-state index is 12.6. The molecule has 0 aliphatic rings.